The van der Waals surface area contributed by atoms with Crippen LogP contribution in [-0.4, -0.2) is 54.1 Å². The summed E-state index contributed by atoms with van der Waals surface area (Å²) in [6, 6.07) is 16.6. The Kier molecular flexibility index (Phi) is 8.14. The molecule has 0 atom stereocenters. The number of hydrogen-bond donors (Lipinski definition) is 0. The Morgan fingerprint density at radius 3 is 2.40 bits per heavy atom. The number of anilines is 1. The zero-order valence-electron chi connectivity index (χ0n) is 23.0. The predicted molar refractivity (Wildman–Crippen MR) is 159 cm³/mol. The lowest BCUT2D eigenvalue weighted by atomic mass is 9.90. The minimum atomic E-state index is -0.394. The van der Waals surface area contributed by atoms with Crippen molar-refractivity contribution in [2.24, 2.45) is 0 Å². The minimum Gasteiger partial charge on any atom is -0.378 e. The number of amides is 1. The maximum absolute atomic E-state index is 15.0. The second-order valence-electron chi connectivity index (χ2n) is 10.1. The van der Waals surface area contributed by atoms with Gasteiger partial charge < -0.3 is 14.5 Å². The van der Waals surface area contributed by atoms with E-state index in [9.17, 15) is 9.18 Å². The first-order chi connectivity index (χ1) is 19.3. The summed E-state index contributed by atoms with van der Waals surface area (Å²) in [5.74, 6) is 0.482. The number of carbonyl (C=O) groups is 1. The lowest BCUT2D eigenvalue weighted by Crippen LogP contribution is -2.48. The number of fused-ring (bicyclic) bond motifs is 1. The van der Waals surface area contributed by atoms with E-state index in [4.69, 9.17) is 26.3 Å². The van der Waals surface area contributed by atoms with E-state index in [-0.39, 0.29) is 18.4 Å². The van der Waals surface area contributed by atoms with Gasteiger partial charge in [-0.05, 0) is 41.3 Å². The van der Waals surface area contributed by atoms with Gasteiger partial charge in [-0.3, -0.25) is 4.79 Å². The Balaban J connectivity index is 1.80. The molecule has 0 bridgehead atoms. The van der Waals surface area contributed by atoms with Crippen LogP contribution in [0.4, 0.5) is 10.2 Å². The van der Waals surface area contributed by atoms with Gasteiger partial charge in [-0.15, -0.1) is 0 Å². The monoisotopic (exact) mass is 558 g/mol. The van der Waals surface area contributed by atoms with Crippen molar-refractivity contribution in [3.63, 3.8) is 0 Å². The topological polar surface area (TPSA) is 58.6 Å². The molecule has 0 radical (unpaired) electrons. The van der Waals surface area contributed by atoms with Crippen molar-refractivity contribution in [1.82, 2.24) is 14.9 Å². The van der Waals surface area contributed by atoms with Crippen molar-refractivity contribution in [1.29, 1.82) is 0 Å². The molecular formula is C32H32ClFN4O2. The molecule has 1 aliphatic heterocycles. The minimum absolute atomic E-state index is 0.0857. The largest absolute Gasteiger partial charge is 0.378 e. The van der Waals surface area contributed by atoms with E-state index >= 15 is 0 Å². The summed E-state index contributed by atoms with van der Waals surface area (Å²) in [6.45, 7) is 10.4. The fourth-order valence-corrected chi connectivity index (χ4v) is 5.59. The molecule has 1 aliphatic rings. The van der Waals surface area contributed by atoms with Crippen LogP contribution in [-0.2, 0) is 16.1 Å². The Labute approximate surface area is 239 Å². The molecule has 1 fully saturated rings. The lowest BCUT2D eigenvalue weighted by Gasteiger charge is -2.36. The number of nitrogens with zero attached hydrogens (tertiary/aromatic N) is 4. The van der Waals surface area contributed by atoms with Crippen LogP contribution in [0.5, 0.6) is 0 Å². The number of carbonyl (C=O) groups excluding carboxylic acids is 1. The second kappa shape index (κ2) is 11.7. The standard InChI is InChI=1S/C32H32ClFN4O2/c1-5-28(39)37-14-16-38(17-15-37)32-24-18-25(33)30(23-12-8-9-13-26(23)34)36-31(24)29(27(35-32)19-40-4)22-11-7-6-10-21(22)20(2)3/h5-13,18,20H,1,14-17,19H2,2-4H3. The number of halogens is 2. The number of ether oxygens (including phenoxy) is 1. The quantitative estimate of drug-likeness (QED) is 0.232. The SMILES string of the molecule is C=CC(=O)N1CCN(c2nc(COC)c(-c3ccccc3C(C)C)c3nc(-c4ccccc4F)c(Cl)cc23)CC1. The normalized spacial score (nSPS) is 13.8. The van der Waals surface area contributed by atoms with E-state index in [1.165, 1.54) is 12.1 Å². The van der Waals surface area contributed by atoms with Crippen LogP contribution in [0.2, 0.25) is 5.02 Å². The highest BCUT2D eigenvalue weighted by Crippen LogP contribution is 2.42. The van der Waals surface area contributed by atoms with Crippen LogP contribution < -0.4 is 4.90 Å². The van der Waals surface area contributed by atoms with E-state index in [1.54, 1.807) is 30.2 Å². The average molecular weight is 559 g/mol. The van der Waals surface area contributed by atoms with E-state index in [2.05, 4.69) is 37.5 Å². The first-order valence-electron chi connectivity index (χ1n) is 13.4. The third kappa shape index (κ3) is 5.19. The molecule has 2 aromatic heterocycles. The molecular weight excluding hydrogens is 527 g/mol. The zero-order valence-corrected chi connectivity index (χ0v) is 23.7. The van der Waals surface area contributed by atoms with E-state index in [0.717, 1.165) is 27.8 Å². The summed E-state index contributed by atoms with van der Waals surface area (Å²) in [5, 5.41) is 1.10. The summed E-state index contributed by atoms with van der Waals surface area (Å²) in [7, 11) is 1.64. The molecule has 206 valence electrons. The molecule has 8 heteroatoms. The third-order valence-electron chi connectivity index (χ3n) is 7.31. The number of piperazine rings is 1. The molecule has 1 amide bonds. The summed E-state index contributed by atoms with van der Waals surface area (Å²) in [5.41, 5.74) is 5.12. The highest BCUT2D eigenvalue weighted by Gasteiger charge is 2.27. The molecule has 0 saturated carbocycles. The fraction of sp³-hybridized carbons (Fsp3) is 0.281. The average Bonchev–Trinajstić information content (AvgIpc) is 2.97. The van der Waals surface area contributed by atoms with Crippen molar-refractivity contribution in [2.45, 2.75) is 26.4 Å². The van der Waals surface area contributed by atoms with Crippen LogP contribution in [0, 0.1) is 5.82 Å². The number of pyridine rings is 2. The van der Waals surface area contributed by atoms with E-state index < -0.39 is 5.82 Å². The molecule has 0 unspecified atom stereocenters. The fourth-order valence-electron chi connectivity index (χ4n) is 5.33. The number of hydrogen-bond acceptors (Lipinski definition) is 5. The van der Waals surface area contributed by atoms with Gasteiger partial charge >= 0.3 is 0 Å². The summed E-state index contributed by atoms with van der Waals surface area (Å²) < 4.78 is 20.6. The second-order valence-corrected chi connectivity index (χ2v) is 10.6. The zero-order chi connectivity index (χ0) is 28.4. The van der Waals surface area contributed by atoms with Gasteiger partial charge in [0.25, 0.3) is 0 Å². The molecule has 2 aromatic carbocycles. The van der Waals surface area contributed by atoms with E-state index in [1.807, 2.05) is 18.2 Å². The molecule has 0 aliphatic carbocycles. The Bertz CT molecular complexity index is 1580. The van der Waals surface area contributed by atoms with Crippen molar-refractivity contribution in [3.8, 4) is 22.4 Å². The Morgan fingerprint density at radius 1 is 1.07 bits per heavy atom. The van der Waals surface area contributed by atoms with Crippen LogP contribution in [0.1, 0.15) is 31.0 Å². The van der Waals surface area contributed by atoms with Crippen LogP contribution >= 0.6 is 11.6 Å². The third-order valence-corrected chi connectivity index (χ3v) is 7.60. The molecule has 4 aromatic rings. The van der Waals surface area contributed by atoms with Crippen LogP contribution in [0.3, 0.4) is 0 Å². The van der Waals surface area contributed by atoms with Crippen molar-refractivity contribution in [2.75, 3.05) is 38.2 Å². The molecule has 6 nitrogen and oxygen atoms in total. The Morgan fingerprint density at radius 2 is 1.75 bits per heavy atom. The smallest absolute Gasteiger partial charge is 0.246 e. The Hall–Kier alpha value is -3.81. The van der Waals surface area contributed by atoms with Gasteiger partial charge in [0.15, 0.2) is 0 Å². The molecule has 1 saturated heterocycles. The van der Waals surface area contributed by atoms with Crippen molar-refractivity contribution < 1.29 is 13.9 Å². The molecule has 5 rings (SSSR count). The van der Waals surface area contributed by atoms with Gasteiger partial charge in [-0.25, -0.2) is 14.4 Å². The van der Waals surface area contributed by atoms with Gasteiger partial charge in [0, 0.05) is 49.8 Å². The molecule has 0 spiro atoms. The number of rotatable bonds is 7. The number of methoxy groups -OCH3 is 1. The highest BCUT2D eigenvalue weighted by molar-refractivity contribution is 6.34. The molecule has 40 heavy (non-hydrogen) atoms. The maximum Gasteiger partial charge on any atom is 0.246 e. The maximum atomic E-state index is 15.0. The predicted octanol–water partition coefficient (Wildman–Crippen LogP) is 6.86. The van der Waals surface area contributed by atoms with Gasteiger partial charge in [0.1, 0.15) is 11.6 Å². The van der Waals surface area contributed by atoms with Gasteiger partial charge in [0.05, 0.1) is 28.5 Å². The number of benzene rings is 2. The van der Waals surface area contributed by atoms with Gasteiger partial charge in [0.2, 0.25) is 5.91 Å². The number of aromatic nitrogens is 2. The van der Waals surface area contributed by atoms with Crippen LogP contribution in [0.15, 0.2) is 67.3 Å². The summed E-state index contributed by atoms with van der Waals surface area (Å²) >= 11 is 6.82. The summed E-state index contributed by atoms with van der Waals surface area (Å²) in [4.78, 5) is 26.3. The molecule has 3 heterocycles. The first-order valence-corrected chi connectivity index (χ1v) is 13.7. The lowest BCUT2D eigenvalue weighted by molar-refractivity contribution is -0.126. The van der Waals surface area contributed by atoms with Crippen LogP contribution in [0.25, 0.3) is 33.3 Å². The van der Waals surface area contributed by atoms with Crippen molar-refractivity contribution >= 4 is 34.2 Å². The highest BCUT2D eigenvalue weighted by atomic mass is 35.5. The summed E-state index contributed by atoms with van der Waals surface area (Å²) in [6.07, 6.45) is 1.34. The molecule has 0 N–H and O–H groups in total. The van der Waals surface area contributed by atoms with Crippen molar-refractivity contribution in [3.05, 3.63) is 89.3 Å². The first kappa shape index (κ1) is 27.7. The van der Waals surface area contributed by atoms with Gasteiger partial charge in [-0.1, -0.05) is 68.4 Å². The van der Waals surface area contributed by atoms with E-state index in [0.29, 0.717) is 53.8 Å². The van der Waals surface area contributed by atoms with Gasteiger partial charge in [-0.2, -0.15) is 0 Å².